The van der Waals surface area contributed by atoms with Crippen molar-refractivity contribution >= 4 is 17.5 Å². The zero-order valence-corrected chi connectivity index (χ0v) is 11.7. The maximum absolute atomic E-state index is 11.7. The molecule has 1 aromatic rings. The molecular weight excluding hydrogens is 254 g/mol. The molecule has 20 heavy (non-hydrogen) atoms. The van der Waals surface area contributed by atoms with Crippen LogP contribution in [0.25, 0.3) is 0 Å². The molecule has 5 nitrogen and oxygen atoms in total. The number of nitrogens with two attached hydrogens (primary N) is 1. The SMILES string of the molecule is C=CCNC(=O)c1ccc(NC(=O)C(N)CCC)cc1. The van der Waals surface area contributed by atoms with Gasteiger partial charge in [-0.2, -0.15) is 0 Å². The lowest BCUT2D eigenvalue weighted by Gasteiger charge is -2.11. The van der Waals surface area contributed by atoms with E-state index >= 15 is 0 Å². The number of benzene rings is 1. The molecule has 0 saturated heterocycles. The Bertz CT molecular complexity index is 469. The van der Waals surface area contributed by atoms with Crippen molar-refractivity contribution in [3.05, 3.63) is 42.5 Å². The Morgan fingerprint density at radius 3 is 2.55 bits per heavy atom. The molecule has 1 aromatic carbocycles. The molecule has 0 aliphatic heterocycles. The van der Waals surface area contributed by atoms with Crippen LogP contribution in [0.4, 0.5) is 5.69 Å². The molecule has 0 saturated carbocycles. The monoisotopic (exact) mass is 275 g/mol. The third-order valence-corrected chi connectivity index (χ3v) is 2.76. The van der Waals surface area contributed by atoms with Gasteiger partial charge in [-0.15, -0.1) is 6.58 Å². The summed E-state index contributed by atoms with van der Waals surface area (Å²) in [4.78, 5) is 23.4. The van der Waals surface area contributed by atoms with E-state index in [1.807, 2.05) is 6.92 Å². The zero-order valence-electron chi connectivity index (χ0n) is 11.7. The lowest BCUT2D eigenvalue weighted by Crippen LogP contribution is -2.35. The van der Waals surface area contributed by atoms with Crippen LogP contribution in [0.2, 0.25) is 0 Å². The van der Waals surface area contributed by atoms with Crippen molar-refractivity contribution in [2.45, 2.75) is 25.8 Å². The van der Waals surface area contributed by atoms with Gasteiger partial charge in [0.25, 0.3) is 5.91 Å². The summed E-state index contributed by atoms with van der Waals surface area (Å²) in [5.74, 6) is -0.388. The number of amides is 2. The van der Waals surface area contributed by atoms with Crippen LogP contribution in [-0.4, -0.2) is 24.4 Å². The number of hydrogen-bond acceptors (Lipinski definition) is 3. The summed E-state index contributed by atoms with van der Waals surface area (Å²) in [5, 5.41) is 5.40. The van der Waals surface area contributed by atoms with Crippen molar-refractivity contribution in [1.29, 1.82) is 0 Å². The second kappa shape index (κ2) is 8.12. The van der Waals surface area contributed by atoms with Gasteiger partial charge in [0.15, 0.2) is 0 Å². The molecule has 0 fully saturated rings. The minimum atomic E-state index is -0.504. The first-order valence-corrected chi connectivity index (χ1v) is 6.64. The molecule has 0 aliphatic carbocycles. The van der Waals surface area contributed by atoms with Crippen molar-refractivity contribution in [3.8, 4) is 0 Å². The van der Waals surface area contributed by atoms with Crippen LogP contribution in [0.1, 0.15) is 30.1 Å². The van der Waals surface area contributed by atoms with Gasteiger partial charge in [0, 0.05) is 17.8 Å². The minimum Gasteiger partial charge on any atom is -0.349 e. The first kappa shape index (κ1) is 15.9. The molecule has 2 amide bonds. The molecule has 0 aliphatic rings. The van der Waals surface area contributed by atoms with Gasteiger partial charge in [-0.05, 0) is 30.7 Å². The molecule has 1 unspecified atom stereocenters. The van der Waals surface area contributed by atoms with Gasteiger partial charge in [-0.3, -0.25) is 9.59 Å². The summed E-state index contributed by atoms with van der Waals surface area (Å²) in [5.41, 5.74) is 6.88. The average molecular weight is 275 g/mol. The number of nitrogens with one attached hydrogen (secondary N) is 2. The molecule has 1 rings (SSSR count). The Hall–Kier alpha value is -2.14. The number of rotatable bonds is 7. The van der Waals surface area contributed by atoms with E-state index in [1.54, 1.807) is 30.3 Å². The van der Waals surface area contributed by atoms with Crippen LogP contribution >= 0.6 is 0 Å². The third-order valence-electron chi connectivity index (χ3n) is 2.76. The Labute approximate surface area is 119 Å². The molecule has 0 aromatic heterocycles. The van der Waals surface area contributed by atoms with Crippen molar-refractivity contribution in [2.24, 2.45) is 5.73 Å². The van der Waals surface area contributed by atoms with E-state index in [1.165, 1.54) is 0 Å². The van der Waals surface area contributed by atoms with Gasteiger partial charge in [0.05, 0.1) is 6.04 Å². The van der Waals surface area contributed by atoms with Crippen molar-refractivity contribution < 1.29 is 9.59 Å². The molecule has 0 heterocycles. The molecule has 1 atom stereocenters. The molecule has 5 heteroatoms. The maximum atomic E-state index is 11.7. The van der Waals surface area contributed by atoms with Gasteiger partial charge in [0.2, 0.25) is 5.91 Å². The quantitative estimate of drug-likeness (QED) is 0.662. The minimum absolute atomic E-state index is 0.175. The smallest absolute Gasteiger partial charge is 0.251 e. The fourth-order valence-corrected chi connectivity index (χ4v) is 1.65. The summed E-state index contributed by atoms with van der Waals surface area (Å²) >= 11 is 0. The van der Waals surface area contributed by atoms with E-state index in [-0.39, 0.29) is 11.8 Å². The summed E-state index contributed by atoms with van der Waals surface area (Å²) in [7, 11) is 0. The summed E-state index contributed by atoms with van der Waals surface area (Å²) in [6.07, 6.45) is 3.12. The zero-order chi connectivity index (χ0) is 15.0. The number of hydrogen-bond donors (Lipinski definition) is 3. The van der Waals surface area contributed by atoms with Crippen molar-refractivity contribution in [1.82, 2.24) is 5.32 Å². The molecule has 108 valence electrons. The number of carbonyl (C=O) groups is 2. The van der Waals surface area contributed by atoms with Gasteiger partial charge < -0.3 is 16.4 Å². The van der Waals surface area contributed by atoms with Gasteiger partial charge in [0.1, 0.15) is 0 Å². The predicted molar refractivity (Wildman–Crippen MR) is 80.5 cm³/mol. The largest absolute Gasteiger partial charge is 0.349 e. The van der Waals surface area contributed by atoms with Crippen molar-refractivity contribution in [3.63, 3.8) is 0 Å². The lowest BCUT2D eigenvalue weighted by atomic mass is 10.1. The highest BCUT2D eigenvalue weighted by Gasteiger charge is 2.12. The fraction of sp³-hybridized carbons (Fsp3) is 0.333. The highest BCUT2D eigenvalue weighted by Crippen LogP contribution is 2.10. The van der Waals surface area contributed by atoms with Gasteiger partial charge in [-0.25, -0.2) is 0 Å². The topological polar surface area (TPSA) is 84.2 Å². The Morgan fingerprint density at radius 2 is 2.00 bits per heavy atom. The Balaban J connectivity index is 2.60. The first-order valence-electron chi connectivity index (χ1n) is 6.64. The van der Waals surface area contributed by atoms with E-state index in [0.29, 0.717) is 24.2 Å². The van der Waals surface area contributed by atoms with Crippen LogP contribution < -0.4 is 16.4 Å². The van der Waals surface area contributed by atoms with E-state index in [9.17, 15) is 9.59 Å². The molecule has 4 N–H and O–H groups in total. The van der Waals surface area contributed by atoms with Gasteiger partial charge >= 0.3 is 0 Å². The summed E-state index contributed by atoms with van der Waals surface area (Å²) in [6.45, 7) is 5.93. The number of carbonyl (C=O) groups excluding carboxylic acids is 2. The Morgan fingerprint density at radius 1 is 1.35 bits per heavy atom. The van der Waals surface area contributed by atoms with Crippen LogP contribution in [0.3, 0.4) is 0 Å². The van der Waals surface area contributed by atoms with Crippen LogP contribution in [0, 0.1) is 0 Å². The third kappa shape index (κ3) is 4.85. The van der Waals surface area contributed by atoms with Crippen LogP contribution in [-0.2, 0) is 4.79 Å². The standard InChI is InChI=1S/C15H21N3O2/c1-3-5-13(16)15(20)18-12-8-6-11(7-9-12)14(19)17-10-4-2/h4,6-9,13H,2-3,5,10,16H2,1H3,(H,17,19)(H,18,20). The molecular formula is C15H21N3O2. The van der Waals surface area contributed by atoms with Crippen molar-refractivity contribution in [2.75, 3.05) is 11.9 Å². The highest BCUT2D eigenvalue weighted by molar-refractivity contribution is 5.97. The highest BCUT2D eigenvalue weighted by atomic mass is 16.2. The van der Waals surface area contributed by atoms with E-state index in [0.717, 1.165) is 6.42 Å². The average Bonchev–Trinajstić information content (AvgIpc) is 2.45. The molecule has 0 radical (unpaired) electrons. The first-order chi connectivity index (χ1) is 9.58. The van der Waals surface area contributed by atoms with E-state index in [4.69, 9.17) is 5.73 Å². The fourth-order valence-electron chi connectivity index (χ4n) is 1.65. The predicted octanol–water partition coefficient (Wildman–Crippen LogP) is 1.67. The van der Waals surface area contributed by atoms with Gasteiger partial charge in [-0.1, -0.05) is 19.4 Å². The van der Waals surface area contributed by atoms with E-state index < -0.39 is 6.04 Å². The second-order valence-electron chi connectivity index (χ2n) is 4.46. The van der Waals surface area contributed by atoms with Crippen LogP contribution in [0.5, 0.6) is 0 Å². The Kier molecular flexibility index (Phi) is 6.46. The lowest BCUT2D eigenvalue weighted by molar-refractivity contribution is -0.117. The summed E-state index contributed by atoms with van der Waals surface area (Å²) in [6, 6.07) is 6.16. The maximum Gasteiger partial charge on any atom is 0.251 e. The number of anilines is 1. The molecule has 0 bridgehead atoms. The van der Waals surface area contributed by atoms with Crippen LogP contribution in [0.15, 0.2) is 36.9 Å². The molecule has 0 spiro atoms. The summed E-state index contributed by atoms with van der Waals surface area (Å²) < 4.78 is 0. The normalized spacial score (nSPS) is 11.5. The van der Waals surface area contributed by atoms with E-state index in [2.05, 4.69) is 17.2 Å². The second-order valence-corrected chi connectivity index (χ2v) is 4.46.